The van der Waals surface area contributed by atoms with Gasteiger partial charge in [0.1, 0.15) is 0 Å². The first-order valence-corrected chi connectivity index (χ1v) is 6.24. The molecule has 0 aliphatic rings. The monoisotopic (exact) mass is 259 g/mol. The molecule has 0 saturated heterocycles. The van der Waals surface area contributed by atoms with Gasteiger partial charge in [0.2, 0.25) is 5.95 Å². The molecular weight excluding hydrogens is 242 g/mol. The molecule has 0 saturated carbocycles. The molecule has 0 bridgehead atoms. The van der Waals surface area contributed by atoms with E-state index >= 15 is 0 Å². The van der Waals surface area contributed by atoms with Gasteiger partial charge in [-0.1, -0.05) is 30.3 Å². The lowest BCUT2D eigenvalue weighted by atomic mass is 10.2. The maximum absolute atomic E-state index is 12.2. The van der Waals surface area contributed by atoms with E-state index in [-0.39, 0.29) is 11.3 Å². The van der Waals surface area contributed by atoms with Gasteiger partial charge in [-0.25, -0.2) is 0 Å². The highest BCUT2D eigenvalue weighted by Gasteiger charge is 2.14. The van der Waals surface area contributed by atoms with Crippen LogP contribution in [-0.4, -0.2) is 28.0 Å². The minimum Gasteiger partial charge on any atom is -0.340 e. The van der Waals surface area contributed by atoms with Crippen LogP contribution in [0.3, 0.4) is 0 Å². The Morgan fingerprint density at radius 1 is 1.16 bits per heavy atom. The number of nitrogen functional groups attached to an aromatic ring is 1. The van der Waals surface area contributed by atoms with Crippen molar-refractivity contribution < 1.29 is 0 Å². The molecule has 0 unspecified atom stereocenters. The van der Waals surface area contributed by atoms with Crippen molar-refractivity contribution in [3.8, 4) is 11.3 Å². The van der Waals surface area contributed by atoms with E-state index in [1.807, 2.05) is 49.1 Å². The predicted molar refractivity (Wildman–Crippen MR) is 75.4 cm³/mol. The Hall–Kier alpha value is -2.37. The van der Waals surface area contributed by atoms with E-state index < -0.39 is 0 Å². The largest absolute Gasteiger partial charge is 0.340 e. The van der Waals surface area contributed by atoms with Crippen LogP contribution >= 0.6 is 0 Å². The average Bonchev–Trinajstić information content (AvgIpc) is 2.46. The van der Waals surface area contributed by atoms with E-state index in [9.17, 15) is 4.79 Å². The third-order valence-corrected chi connectivity index (χ3v) is 2.97. The molecule has 0 aliphatic heterocycles. The second-order valence-electron chi connectivity index (χ2n) is 4.06. The molecule has 2 rings (SSSR count). The Morgan fingerprint density at radius 2 is 1.79 bits per heavy atom. The quantitative estimate of drug-likeness (QED) is 0.824. The number of rotatable bonds is 4. The van der Waals surface area contributed by atoms with Crippen molar-refractivity contribution in [2.24, 2.45) is 0 Å². The zero-order valence-electron chi connectivity index (χ0n) is 11.1. The Bertz CT molecular complexity index is 604. The molecule has 1 aromatic carbocycles. The SMILES string of the molecule is CCN(CC)c1nnc(-c2ccccc2)c(=O)n1N. The maximum Gasteiger partial charge on any atom is 0.300 e. The van der Waals surface area contributed by atoms with E-state index in [0.29, 0.717) is 24.6 Å². The number of benzene rings is 1. The van der Waals surface area contributed by atoms with Gasteiger partial charge in [0, 0.05) is 18.7 Å². The Morgan fingerprint density at radius 3 is 2.37 bits per heavy atom. The van der Waals surface area contributed by atoms with Gasteiger partial charge < -0.3 is 10.7 Å². The van der Waals surface area contributed by atoms with E-state index in [1.54, 1.807) is 0 Å². The average molecular weight is 259 g/mol. The van der Waals surface area contributed by atoms with Crippen LogP contribution in [0.2, 0.25) is 0 Å². The molecule has 6 heteroatoms. The molecule has 2 N–H and O–H groups in total. The smallest absolute Gasteiger partial charge is 0.300 e. The third kappa shape index (κ3) is 2.42. The fourth-order valence-corrected chi connectivity index (χ4v) is 1.89. The molecule has 1 aromatic heterocycles. The first-order valence-electron chi connectivity index (χ1n) is 6.24. The lowest BCUT2D eigenvalue weighted by Crippen LogP contribution is -2.38. The van der Waals surface area contributed by atoms with Crippen molar-refractivity contribution in [2.45, 2.75) is 13.8 Å². The summed E-state index contributed by atoms with van der Waals surface area (Å²) in [5.41, 5.74) is 0.632. The van der Waals surface area contributed by atoms with Crippen molar-refractivity contribution in [1.29, 1.82) is 0 Å². The molecule has 1 heterocycles. The molecule has 0 radical (unpaired) electrons. The van der Waals surface area contributed by atoms with Crippen molar-refractivity contribution in [1.82, 2.24) is 14.9 Å². The van der Waals surface area contributed by atoms with E-state index in [2.05, 4.69) is 10.2 Å². The molecule has 100 valence electrons. The van der Waals surface area contributed by atoms with Crippen LogP contribution in [0.5, 0.6) is 0 Å². The second-order valence-corrected chi connectivity index (χ2v) is 4.06. The van der Waals surface area contributed by atoms with E-state index in [0.717, 1.165) is 4.68 Å². The highest BCUT2D eigenvalue weighted by Crippen LogP contribution is 2.12. The third-order valence-electron chi connectivity index (χ3n) is 2.97. The van der Waals surface area contributed by atoms with Gasteiger partial charge in [0.15, 0.2) is 5.69 Å². The number of hydrogen-bond donors (Lipinski definition) is 1. The number of aromatic nitrogens is 3. The van der Waals surface area contributed by atoms with E-state index in [1.165, 1.54) is 0 Å². The summed E-state index contributed by atoms with van der Waals surface area (Å²) in [4.78, 5) is 14.1. The predicted octanol–water partition coefficient (Wildman–Crippen LogP) is 0.865. The van der Waals surface area contributed by atoms with Gasteiger partial charge in [0.05, 0.1) is 0 Å². The van der Waals surface area contributed by atoms with Crippen LogP contribution in [0.4, 0.5) is 5.95 Å². The maximum atomic E-state index is 12.2. The van der Waals surface area contributed by atoms with Crippen LogP contribution in [-0.2, 0) is 0 Å². The van der Waals surface area contributed by atoms with Gasteiger partial charge >= 0.3 is 0 Å². The fourth-order valence-electron chi connectivity index (χ4n) is 1.89. The Balaban J connectivity index is 2.52. The van der Waals surface area contributed by atoms with Crippen molar-refractivity contribution in [3.63, 3.8) is 0 Å². The van der Waals surface area contributed by atoms with Crippen LogP contribution in [0.25, 0.3) is 11.3 Å². The molecule has 0 aliphatic carbocycles. The first kappa shape index (κ1) is 13.1. The topological polar surface area (TPSA) is 77.0 Å². The van der Waals surface area contributed by atoms with Crippen molar-refractivity contribution in [3.05, 3.63) is 40.7 Å². The summed E-state index contributed by atoms with van der Waals surface area (Å²) in [6.45, 7) is 5.38. The molecular formula is C13H17N5O. The molecule has 0 amide bonds. The summed E-state index contributed by atoms with van der Waals surface area (Å²) in [6, 6.07) is 9.18. The summed E-state index contributed by atoms with van der Waals surface area (Å²) >= 11 is 0. The summed E-state index contributed by atoms with van der Waals surface area (Å²) < 4.78 is 1.06. The number of anilines is 1. The van der Waals surface area contributed by atoms with Gasteiger partial charge in [-0.05, 0) is 13.8 Å². The zero-order chi connectivity index (χ0) is 13.8. The van der Waals surface area contributed by atoms with Crippen molar-refractivity contribution >= 4 is 5.95 Å². The van der Waals surface area contributed by atoms with Crippen LogP contribution in [0, 0.1) is 0 Å². The molecule has 0 atom stereocenters. The van der Waals surface area contributed by atoms with Crippen LogP contribution in [0.15, 0.2) is 35.1 Å². The lowest BCUT2D eigenvalue weighted by molar-refractivity contribution is 0.733. The summed E-state index contributed by atoms with van der Waals surface area (Å²) in [5, 5.41) is 8.09. The summed E-state index contributed by atoms with van der Waals surface area (Å²) in [7, 11) is 0. The highest BCUT2D eigenvalue weighted by molar-refractivity contribution is 5.57. The van der Waals surface area contributed by atoms with Gasteiger partial charge in [-0.3, -0.25) is 4.79 Å². The van der Waals surface area contributed by atoms with Crippen molar-refractivity contribution in [2.75, 3.05) is 23.8 Å². The number of nitrogens with zero attached hydrogens (tertiary/aromatic N) is 4. The minimum atomic E-state index is -0.344. The zero-order valence-corrected chi connectivity index (χ0v) is 11.1. The van der Waals surface area contributed by atoms with Gasteiger partial charge in [0.25, 0.3) is 5.56 Å². The normalized spacial score (nSPS) is 10.4. The summed E-state index contributed by atoms with van der Waals surface area (Å²) in [5.74, 6) is 6.22. The van der Waals surface area contributed by atoms with Gasteiger partial charge in [-0.2, -0.15) is 4.68 Å². The highest BCUT2D eigenvalue weighted by atomic mass is 16.1. The summed E-state index contributed by atoms with van der Waals surface area (Å²) in [6.07, 6.45) is 0. The Labute approximate surface area is 111 Å². The number of nitrogens with two attached hydrogens (primary N) is 1. The lowest BCUT2D eigenvalue weighted by Gasteiger charge is -2.20. The molecule has 0 fully saturated rings. The Kier molecular flexibility index (Phi) is 3.79. The van der Waals surface area contributed by atoms with E-state index in [4.69, 9.17) is 5.84 Å². The van der Waals surface area contributed by atoms with Crippen LogP contribution < -0.4 is 16.3 Å². The molecule has 19 heavy (non-hydrogen) atoms. The van der Waals surface area contributed by atoms with Crippen LogP contribution in [0.1, 0.15) is 13.8 Å². The second kappa shape index (κ2) is 5.51. The minimum absolute atomic E-state index is 0.263. The molecule has 0 spiro atoms. The molecule has 2 aromatic rings. The fraction of sp³-hybridized carbons (Fsp3) is 0.308. The standard InChI is InChI=1S/C13H17N5O/c1-3-17(4-2)13-16-15-11(12(19)18(13)14)10-8-6-5-7-9-10/h5-9H,3-4,14H2,1-2H3. The first-order chi connectivity index (χ1) is 9.19. The molecule has 6 nitrogen and oxygen atoms in total. The van der Waals surface area contributed by atoms with Gasteiger partial charge in [-0.15, -0.1) is 10.2 Å². The number of hydrogen-bond acceptors (Lipinski definition) is 5.